The highest BCUT2D eigenvalue weighted by Crippen LogP contribution is 2.32. The van der Waals surface area contributed by atoms with E-state index in [0.717, 1.165) is 21.8 Å². The number of carbonyl (C=O) groups is 2. The molecule has 0 saturated carbocycles. The third-order valence-corrected chi connectivity index (χ3v) is 3.95. The fourth-order valence-corrected chi connectivity index (χ4v) is 3.02. The quantitative estimate of drug-likeness (QED) is 0.414. The number of hydrogen-bond donors (Lipinski definition) is 0. The Hall–Kier alpha value is -2.62. The van der Waals surface area contributed by atoms with E-state index in [2.05, 4.69) is 24.5 Å². The van der Waals surface area contributed by atoms with Gasteiger partial charge >= 0.3 is 5.97 Å². The van der Waals surface area contributed by atoms with Crippen molar-refractivity contribution in [1.29, 1.82) is 0 Å². The molecule has 0 aliphatic rings. The van der Waals surface area contributed by atoms with Gasteiger partial charge in [-0.25, -0.2) is 4.79 Å². The van der Waals surface area contributed by atoms with Crippen molar-refractivity contribution >= 4 is 33.6 Å². The molecule has 2 aromatic carbocycles. The summed E-state index contributed by atoms with van der Waals surface area (Å²) in [5, 5.41) is 2.05. The smallest absolute Gasteiger partial charge is 0.379 e. The number of benzene rings is 2. The number of carbonyl (C=O) groups excluding carboxylic acids is 2. The van der Waals surface area contributed by atoms with E-state index in [1.165, 1.54) is 0 Å². The van der Waals surface area contributed by atoms with Crippen LogP contribution in [0, 0.1) is 0 Å². The molecule has 1 aromatic heterocycles. The summed E-state index contributed by atoms with van der Waals surface area (Å²) in [5.41, 5.74) is 2.54. The third-order valence-electron chi connectivity index (χ3n) is 3.95. The molecular weight excluding hydrogens is 290 g/mol. The zero-order valence-corrected chi connectivity index (χ0v) is 13.5. The summed E-state index contributed by atoms with van der Waals surface area (Å²) in [6.07, 6.45) is 0. The lowest BCUT2D eigenvalue weighted by Gasteiger charge is -2.11. The Morgan fingerprint density at radius 1 is 1.04 bits per heavy atom. The van der Waals surface area contributed by atoms with Crippen molar-refractivity contribution < 1.29 is 14.3 Å². The molecular formula is C19H19NO3. The number of ether oxygens (including phenoxy) is 1. The molecule has 0 saturated heterocycles. The van der Waals surface area contributed by atoms with Gasteiger partial charge < -0.3 is 9.30 Å². The summed E-state index contributed by atoms with van der Waals surface area (Å²) < 4.78 is 7.05. The Morgan fingerprint density at radius 2 is 1.74 bits per heavy atom. The Balaban J connectivity index is 2.23. The SMILES string of the molecule is CCOC(=O)C(=O)c1ccc2c(c1)c1ccccc1n2C(C)C. The number of fused-ring (bicyclic) bond motifs is 3. The van der Waals surface area contributed by atoms with E-state index in [9.17, 15) is 9.59 Å². The summed E-state index contributed by atoms with van der Waals surface area (Å²) in [6, 6.07) is 13.8. The van der Waals surface area contributed by atoms with Gasteiger partial charge in [-0.1, -0.05) is 18.2 Å². The monoisotopic (exact) mass is 309 g/mol. The topological polar surface area (TPSA) is 48.3 Å². The van der Waals surface area contributed by atoms with Gasteiger partial charge in [-0.15, -0.1) is 0 Å². The standard InChI is InChI=1S/C19H19NO3/c1-4-23-19(22)18(21)13-9-10-17-15(11-13)14-7-5-6-8-16(14)20(17)12(2)3/h5-12H,4H2,1-3H3. The van der Waals surface area contributed by atoms with E-state index in [-0.39, 0.29) is 6.61 Å². The first-order valence-corrected chi connectivity index (χ1v) is 7.78. The highest BCUT2D eigenvalue weighted by molar-refractivity contribution is 6.41. The largest absolute Gasteiger partial charge is 0.460 e. The summed E-state index contributed by atoms with van der Waals surface area (Å²) in [7, 11) is 0. The van der Waals surface area contributed by atoms with Gasteiger partial charge in [-0.2, -0.15) is 0 Å². The molecule has 3 rings (SSSR count). The lowest BCUT2D eigenvalue weighted by molar-refractivity contribution is -0.137. The molecule has 23 heavy (non-hydrogen) atoms. The van der Waals surface area contributed by atoms with E-state index >= 15 is 0 Å². The van der Waals surface area contributed by atoms with Crippen LogP contribution in [0.15, 0.2) is 42.5 Å². The lowest BCUT2D eigenvalue weighted by atomic mass is 10.1. The molecule has 0 bridgehead atoms. The highest BCUT2D eigenvalue weighted by Gasteiger charge is 2.20. The van der Waals surface area contributed by atoms with Crippen LogP contribution in [-0.4, -0.2) is 22.9 Å². The minimum absolute atomic E-state index is 0.194. The second kappa shape index (κ2) is 5.88. The van der Waals surface area contributed by atoms with Crippen molar-refractivity contribution in [1.82, 2.24) is 4.57 Å². The molecule has 0 amide bonds. The maximum absolute atomic E-state index is 12.2. The van der Waals surface area contributed by atoms with Crippen LogP contribution in [0.2, 0.25) is 0 Å². The van der Waals surface area contributed by atoms with Crippen molar-refractivity contribution in [3.05, 3.63) is 48.0 Å². The van der Waals surface area contributed by atoms with Crippen molar-refractivity contribution in [3.63, 3.8) is 0 Å². The van der Waals surface area contributed by atoms with E-state index in [0.29, 0.717) is 11.6 Å². The number of hydrogen-bond acceptors (Lipinski definition) is 3. The number of rotatable bonds is 4. The van der Waals surface area contributed by atoms with Gasteiger partial charge in [-0.3, -0.25) is 4.79 Å². The second-order valence-corrected chi connectivity index (χ2v) is 5.76. The van der Waals surface area contributed by atoms with Crippen molar-refractivity contribution in [2.75, 3.05) is 6.61 Å². The Kier molecular flexibility index (Phi) is 3.90. The molecule has 0 fully saturated rings. The van der Waals surface area contributed by atoms with Crippen LogP contribution in [-0.2, 0) is 9.53 Å². The van der Waals surface area contributed by atoms with Crippen LogP contribution in [0.5, 0.6) is 0 Å². The minimum atomic E-state index is -0.806. The first-order valence-electron chi connectivity index (χ1n) is 7.78. The molecule has 4 heteroatoms. The zero-order valence-electron chi connectivity index (χ0n) is 13.5. The van der Waals surface area contributed by atoms with E-state index in [1.807, 2.05) is 24.3 Å². The zero-order chi connectivity index (χ0) is 16.6. The van der Waals surface area contributed by atoms with Gasteiger partial charge in [0, 0.05) is 33.4 Å². The number of nitrogens with zero attached hydrogens (tertiary/aromatic N) is 1. The molecule has 4 nitrogen and oxygen atoms in total. The molecule has 1 heterocycles. The first-order chi connectivity index (χ1) is 11.0. The van der Waals surface area contributed by atoms with Crippen LogP contribution in [0.25, 0.3) is 21.8 Å². The Labute approximate surface area is 134 Å². The number of ketones is 1. The van der Waals surface area contributed by atoms with Gasteiger partial charge in [-0.05, 0) is 45.0 Å². The number of Topliss-reactive ketones (excluding diaryl/α,β-unsaturated/α-hetero) is 1. The predicted octanol–water partition coefficient (Wildman–Crippen LogP) is 4.12. The fraction of sp³-hybridized carbons (Fsp3) is 0.263. The molecule has 118 valence electrons. The van der Waals surface area contributed by atoms with E-state index < -0.39 is 11.8 Å². The summed E-state index contributed by atoms with van der Waals surface area (Å²) in [5.74, 6) is -1.41. The average molecular weight is 309 g/mol. The van der Waals surface area contributed by atoms with Crippen molar-refractivity contribution in [2.24, 2.45) is 0 Å². The number of esters is 1. The Bertz CT molecular complexity index is 906. The third kappa shape index (κ3) is 2.50. The van der Waals surface area contributed by atoms with Gasteiger partial charge in [0.05, 0.1) is 6.61 Å². The van der Waals surface area contributed by atoms with Gasteiger partial charge in [0.2, 0.25) is 0 Å². The number of para-hydroxylation sites is 1. The van der Waals surface area contributed by atoms with E-state index in [4.69, 9.17) is 4.74 Å². The van der Waals surface area contributed by atoms with Gasteiger partial charge in [0.25, 0.3) is 5.78 Å². The average Bonchev–Trinajstić information content (AvgIpc) is 2.88. The normalized spacial score (nSPS) is 11.3. The van der Waals surface area contributed by atoms with Crippen LogP contribution < -0.4 is 0 Å². The summed E-state index contributed by atoms with van der Waals surface area (Å²) in [6.45, 7) is 6.14. The predicted molar refractivity (Wildman–Crippen MR) is 90.8 cm³/mol. The Morgan fingerprint density at radius 3 is 2.43 bits per heavy atom. The van der Waals surface area contributed by atoms with Crippen molar-refractivity contribution in [3.8, 4) is 0 Å². The maximum atomic E-state index is 12.2. The summed E-state index contributed by atoms with van der Waals surface area (Å²) >= 11 is 0. The highest BCUT2D eigenvalue weighted by atomic mass is 16.5. The molecule has 0 radical (unpaired) electrons. The molecule has 0 unspecified atom stereocenters. The van der Waals surface area contributed by atoms with Gasteiger partial charge in [0.15, 0.2) is 0 Å². The molecule has 3 aromatic rings. The number of aromatic nitrogens is 1. The molecule has 0 aliphatic heterocycles. The summed E-state index contributed by atoms with van der Waals surface area (Å²) in [4.78, 5) is 23.9. The van der Waals surface area contributed by atoms with Crippen LogP contribution in [0.4, 0.5) is 0 Å². The first kappa shape index (κ1) is 15.3. The van der Waals surface area contributed by atoms with Crippen molar-refractivity contribution in [2.45, 2.75) is 26.8 Å². The molecule has 0 aliphatic carbocycles. The van der Waals surface area contributed by atoms with Crippen LogP contribution in [0.3, 0.4) is 0 Å². The van der Waals surface area contributed by atoms with Gasteiger partial charge in [0.1, 0.15) is 0 Å². The molecule has 0 N–H and O–H groups in total. The fourth-order valence-electron chi connectivity index (χ4n) is 3.02. The minimum Gasteiger partial charge on any atom is -0.460 e. The van der Waals surface area contributed by atoms with Crippen LogP contribution in [0.1, 0.15) is 37.2 Å². The molecule has 0 spiro atoms. The van der Waals surface area contributed by atoms with E-state index in [1.54, 1.807) is 19.1 Å². The molecule has 0 atom stereocenters. The maximum Gasteiger partial charge on any atom is 0.379 e. The lowest BCUT2D eigenvalue weighted by Crippen LogP contribution is -2.17. The second-order valence-electron chi connectivity index (χ2n) is 5.76. The van der Waals surface area contributed by atoms with Crippen LogP contribution >= 0.6 is 0 Å².